The summed E-state index contributed by atoms with van der Waals surface area (Å²) in [6, 6.07) is 13.7. The van der Waals surface area contributed by atoms with E-state index in [0.717, 1.165) is 23.5 Å². The highest BCUT2D eigenvalue weighted by molar-refractivity contribution is 5.64. The Hall–Kier alpha value is -2.62. The third kappa shape index (κ3) is 3.73. The van der Waals surface area contributed by atoms with Crippen LogP contribution in [-0.4, -0.2) is 9.78 Å². The molecule has 3 nitrogen and oxygen atoms in total. The van der Waals surface area contributed by atoms with Crippen molar-refractivity contribution in [3.63, 3.8) is 0 Å². The lowest BCUT2D eigenvalue weighted by Crippen LogP contribution is -2.03. The predicted molar refractivity (Wildman–Crippen MR) is 101 cm³/mol. The van der Waals surface area contributed by atoms with Gasteiger partial charge in [0.15, 0.2) is 0 Å². The molecule has 3 rings (SSSR count). The maximum absolute atomic E-state index is 14.5. The minimum Gasteiger partial charge on any atom is -0.381 e. The third-order valence-electron chi connectivity index (χ3n) is 4.55. The molecular weight excluding hydrogens is 313 g/mol. The zero-order valence-corrected chi connectivity index (χ0v) is 15.2. The Kier molecular flexibility index (Phi) is 4.88. The Labute approximate surface area is 148 Å². The number of hydrogen-bond donors (Lipinski definition) is 1. The van der Waals surface area contributed by atoms with Gasteiger partial charge in [-0.1, -0.05) is 25.1 Å². The molecule has 130 valence electrons. The molecule has 0 saturated carbocycles. The van der Waals surface area contributed by atoms with Crippen molar-refractivity contribution in [3.8, 4) is 11.3 Å². The molecular formula is C21H24FN3. The standard InChI is InChI=1S/C21H24FN3/c1-5-16-6-7-17(14(2)10-16)13-23-18-8-9-19(20(22)12-18)21-11-15(3)24-25(21)4/h6-12,23H,5,13H2,1-4H3. The zero-order chi connectivity index (χ0) is 18.0. The van der Waals surface area contributed by atoms with Crippen LogP contribution in [-0.2, 0) is 20.0 Å². The van der Waals surface area contributed by atoms with Crippen LogP contribution in [0.3, 0.4) is 0 Å². The van der Waals surface area contributed by atoms with Crippen LogP contribution in [0.25, 0.3) is 11.3 Å². The summed E-state index contributed by atoms with van der Waals surface area (Å²) < 4.78 is 16.3. The van der Waals surface area contributed by atoms with Crippen molar-refractivity contribution in [2.45, 2.75) is 33.7 Å². The van der Waals surface area contributed by atoms with E-state index < -0.39 is 0 Å². The molecule has 1 aromatic heterocycles. The van der Waals surface area contributed by atoms with E-state index >= 15 is 0 Å². The number of halogens is 1. The molecule has 0 amide bonds. The highest BCUT2D eigenvalue weighted by atomic mass is 19.1. The lowest BCUT2D eigenvalue weighted by Gasteiger charge is -2.12. The average Bonchev–Trinajstić information content (AvgIpc) is 2.92. The lowest BCUT2D eigenvalue weighted by atomic mass is 10.0. The van der Waals surface area contributed by atoms with Gasteiger partial charge in [-0.3, -0.25) is 4.68 Å². The van der Waals surface area contributed by atoms with Gasteiger partial charge in [0.1, 0.15) is 5.82 Å². The predicted octanol–water partition coefficient (Wildman–Crippen LogP) is 5.02. The van der Waals surface area contributed by atoms with Gasteiger partial charge in [0, 0.05) is 24.8 Å². The first kappa shape index (κ1) is 17.2. The first-order valence-corrected chi connectivity index (χ1v) is 8.60. The number of nitrogens with one attached hydrogen (secondary N) is 1. The maximum Gasteiger partial charge on any atom is 0.134 e. The molecule has 0 spiro atoms. The summed E-state index contributed by atoms with van der Waals surface area (Å²) in [5.41, 5.74) is 6.83. The van der Waals surface area contributed by atoms with Crippen molar-refractivity contribution in [2.24, 2.45) is 7.05 Å². The van der Waals surface area contributed by atoms with Gasteiger partial charge in [0.05, 0.1) is 11.4 Å². The third-order valence-corrected chi connectivity index (χ3v) is 4.55. The van der Waals surface area contributed by atoms with E-state index in [1.54, 1.807) is 16.8 Å². The molecule has 0 aliphatic rings. The fourth-order valence-electron chi connectivity index (χ4n) is 3.07. The normalized spacial score (nSPS) is 10.9. The van der Waals surface area contributed by atoms with Gasteiger partial charge in [0.2, 0.25) is 0 Å². The van der Waals surface area contributed by atoms with Crippen LogP contribution in [0.4, 0.5) is 10.1 Å². The number of rotatable bonds is 5. The van der Waals surface area contributed by atoms with Gasteiger partial charge in [-0.25, -0.2) is 4.39 Å². The number of nitrogens with zero attached hydrogens (tertiary/aromatic N) is 2. The number of hydrogen-bond acceptors (Lipinski definition) is 2. The topological polar surface area (TPSA) is 29.9 Å². The van der Waals surface area contributed by atoms with E-state index in [-0.39, 0.29) is 5.82 Å². The van der Waals surface area contributed by atoms with Crippen molar-refractivity contribution in [1.82, 2.24) is 9.78 Å². The van der Waals surface area contributed by atoms with E-state index in [1.165, 1.54) is 16.7 Å². The molecule has 0 aliphatic carbocycles. The average molecular weight is 337 g/mol. The molecule has 3 aromatic rings. The van der Waals surface area contributed by atoms with Crippen molar-refractivity contribution >= 4 is 5.69 Å². The van der Waals surface area contributed by atoms with Crippen LogP contribution in [0.1, 0.15) is 29.3 Å². The summed E-state index contributed by atoms with van der Waals surface area (Å²) in [5, 5.41) is 7.60. The quantitative estimate of drug-likeness (QED) is 0.708. The largest absolute Gasteiger partial charge is 0.381 e. The molecule has 1 heterocycles. The van der Waals surface area contributed by atoms with Gasteiger partial charge >= 0.3 is 0 Å². The minimum absolute atomic E-state index is 0.244. The van der Waals surface area contributed by atoms with E-state index in [2.05, 4.69) is 42.5 Å². The SMILES string of the molecule is CCc1ccc(CNc2ccc(-c3cc(C)nn3C)c(F)c2)c(C)c1. The molecule has 25 heavy (non-hydrogen) atoms. The minimum atomic E-state index is -0.244. The Balaban J connectivity index is 1.76. The summed E-state index contributed by atoms with van der Waals surface area (Å²) in [5.74, 6) is -0.244. The van der Waals surface area contributed by atoms with Crippen LogP contribution in [0, 0.1) is 19.7 Å². The molecule has 0 bridgehead atoms. The second kappa shape index (κ2) is 7.09. The molecule has 0 radical (unpaired) electrons. The van der Waals surface area contributed by atoms with Crippen LogP contribution in [0.2, 0.25) is 0 Å². The summed E-state index contributed by atoms with van der Waals surface area (Å²) in [6.45, 7) is 6.86. The molecule has 0 aliphatic heterocycles. The number of aromatic nitrogens is 2. The van der Waals surface area contributed by atoms with Crippen LogP contribution in [0.15, 0.2) is 42.5 Å². The number of benzene rings is 2. The van der Waals surface area contributed by atoms with Crippen molar-refractivity contribution < 1.29 is 4.39 Å². The smallest absolute Gasteiger partial charge is 0.134 e. The Bertz CT molecular complexity index is 896. The van der Waals surface area contributed by atoms with Gasteiger partial charge in [-0.15, -0.1) is 0 Å². The summed E-state index contributed by atoms with van der Waals surface area (Å²) in [7, 11) is 1.83. The van der Waals surface area contributed by atoms with Crippen LogP contribution < -0.4 is 5.32 Å². The molecule has 4 heteroatoms. The van der Waals surface area contributed by atoms with Crippen LogP contribution in [0.5, 0.6) is 0 Å². The van der Waals surface area contributed by atoms with E-state index in [0.29, 0.717) is 12.1 Å². The number of anilines is 1. The van der Waals surface area contributed by atoms with Crippen molar-refractivity contribution in [2.75, 3.05) is 5.32 Å². The number of aryl methyl sites for hydroxylation is 4. The Morgan fingerprint density at radius 1 is 1.08 bits per heavy atom. The van der Waals surface area contributed by atoms with E-state index in [1.807, 2.05) is 26.1 Å². The molecule has 0 saturated heterocycles. The monoisotopic (exact) mass is 337 g/mol. The first-order valence-electron chi connectivity index (χ1n) is 8.60. The van der Waals surface area contributed by atoms with Crippen molar-refractivity contribution in [1.29, 1.82) is 0 Å². The Morgan fingerprint density at radius 3 is 2.48 bits per heavy atom. The van der Waals surface area contributed by atoms with Gasteiger partial charge in [-0.05, 0) is 61.2 Å². The van der Waals surface area contributed by atoms with Gasteiger partial charge in [-0.2, -0.15) is 5.10 Å². The van der Waals surface area contributed by atoms with Crippen molar-refractivity contribution in [3.05, 3.63) is 70.7 Å². The molecule has 1 N–H and O–H groups in total. The van der Waals surface area contributed by atoms with Crippen LogP contribution >= 0.6 is 0 Å². The zero-order valence-electron chi connectivity index (χ0n) is 15.2. The van der Waals surface area contributed by atoms with E-state index in [4.69, 9.17) is 0 Å². The second-order valence-corrected chi connectivity index (χ2v) is 6.46. The fraction of sp³-hybridized carbons (Fsp3) is 0.286. The highest BCUT2D eigenvalue weighted by Gasteiger charge is 2.11. The first-order chi connectivity index (χ1) is 12.0. The molecule has 0 atom stereocenters. The summed E-state index contributed by atoms with van der Waals surface area (Å²) in [4.78, 5) is 0. The highest BCUT2D eigenvalue weighted by Crippen LogP contribution is 2.26. The van der Waals surface area contributed by atoms with E-state index in [9.17, 15) is 4.39 Å². The fourth-order valence-corrected chi connectivity index (χ4v) is 3.07. The van der Waals surface area contributed by atoms with Gasteiger partial charge < -0.3 is 5.32 Å². The summed E-state index contributed by atoms with van der Waals surface area (Å²) in [6.07, 6.45) is 1.04. The second-order valence-electron chi connectivity index (χ2n) is 6.46. The molecule has 0 fully saturated rings. The Morgan fingerprint density at radius 2 is 1.88 bits per heavy atom. The molecule has 2 aromatic carbocycles. The maximum atomic E-state index is 14.5. The summed E-state index contributed by atoms with van der Waals surface area (Å²) >= 11 is 0. The van der Waals surface area contributed by atoms with Gasteiger partial charge in [0.25, 0.3) is 0 Å². The molecule has 0 unspecified atom stereocenters. The lowest BCUT2D eigenvalue weighted by molar-refractivity contribution is 0.628.